The van der Waals surface area contributed by atoms with Crippen LogP contribution in [0.4, 0.5) is 4.39 Å². The van der Waals surface area contributed by atoms with Gasteiger partial charge in [0.05, 0.1) is 31.7 Å². The summed E-state index contributed by atoms with van der Waals surface area (Å²) in [5, 5.41) is 15.8. The number of rotatable bonds is 8. The molecule has 8 nitrogen and oxygen atoms in total. The maximum Gasteiger partial charge on any atom is 0.251 e. The lowest BCUT2D eigenvalue weighted by Gasteiger charge is -2.14. The molecular formula is C24H22FN3O5S. The van der Waals surface area contributed by atoms with Crippen LogP contribution in [-0.4, -0.2) is 48.9 Å². The summed E-state index contributed by atoms with van der Waals surface area (Å²) in [7, 11) is 4.44. The first-order valence-corrected chi connectivity index (χ1v) is 11.1. The van der Waals surface area contributed by atoms with Crippen LogP contribution in [-0.2, 0) is 0 Å². The molecule has 0 aliphatic heterocycles. The molecule has 1 atom stereocenters. The van der Waals surface area contributed by atoms with Gasteiger partial charge >= 0.3 is 0 Å². The summed E-state index contributed by atoms with van der Waals surface area (Å²) >= 11 is 1.25. The Bertz CT molecular complexity index is 1340. The molecular weight excluding hydrogens is 461 g/mol. The van der Waals surface area contributed by atoms with E-state index in [1.54, 1.807) is 35.7 Å². The van der Waals surface area contributed by atoms with E-state index in [-0.39, 0.29) is 29.8 Å². The van der Waals surface area contributed by atoms with E-state index in [4.69, 9.17) is 14.2 Å². The van der Waals surface area contributed by atoms with Crippen molar-refractivity contribution in [3.8, 4) is 28.8 Å². The molecule has 0 spiro atoms. The van der Waals surface area contributed by atoms with Crippen molar-refractivity contribution in [1.29, 1.82) is 0 Å². The number of hydrogen-bond acceptors (Lipinski definition) is 8. The Hall–Kier alpha value is -3.76. The number of halogens is 1. The summed E-state index contributed by atoms with van der Waals surface area (Å²) in [6.45, 7) is -0.105. The highest BCUT2D eigenvalue weighted by Gasteiger charge is 2.19. The van der Waals surface area contributed by atoms with Crippen LogP contribution in [0.15, 0.2) is 47.8 Å². The summed E-state index contributed by atoms with van der Waals surface area (Å²) in [5.74, 6) is 0.716. The van der Waals surface area contributed by atoms with Gasteiger partial charge in [0.2, 0.25) is 5.88 Å². The molecule has 0 fully saturated rings. The van der Waals surface area contributed by atoms with Gasteiger partial charge in [-0.15, -0.1) is 11.3 Å². The molecule has 1 amide bonds. The Morgan fingerprint density at radius 3 is 2.62 bits per heavy atom. The van der Waals surface area contributed by atoms with Crippen molar-refractivity contribution in [3.05, 3.63) is 64.9 Å². The van der Waals surface area contributed by atoms with Crippen LogP contribution in [0.2, 0.25) is 0 Å². The van der Waals surface area contributed by atoms with E-state index in [9.17, 15) is 14.3 Å². The van der Waals surface area contributed by atoms with E-state index in [0.717, 1.165) is 0 Å². The zero-order chi connectivity index (χ0) is 24.2. The number of carbonyl (C=O) groups excluding carboxylic acids is 1. The molecule has 34 heavy (non-hydrogen) atoms. The number of carbonyl (C=O) groups is 1. The van der Waals surface area contributed by atoms with Gasteiger partial charge in [0.1, 0.15) is 11.9 Å². The number of benzene rings is 2. The number of aromatic nitrogens is 2. The average Bonchev–Trinajstić information content (AvgIpc) is 3.31. The zero-order valence-electron chi connectivity index (χ0n) is 18.7. The van der Waals surface area contributed by atoms with Gasteiger partial charge in [0.15, 0.2) is 17.3 Å². The summed E-state index contributed by atoms with van der Waals surface area (Å²) in [5.41, 5.74) is 1.23. The molecule has 10 heteroatoms. The highest BCUT2D eigenvalue weighted by atomic mass is 32.1. The lowest BCUT2D eigenvalue weighted by Crippen LogP contribution is -2.28. The monoisotopic (exact) mass is 483 g/mol. The predicted molar refractivity (Wildman–Crippen MR) is 126 cm³/mol. The van der Waals surface area contributed by atoms with Crippen LogP contribution in [0.1, 0.15) is 22.2 Å². The minimum atomic E-state index is -1.14. The molecule has 0 bridgehead atoms. The number of aliphatic hydroxyl groups is 1. The van der Waals surface area contributed by atoms with Gasteiger partial charge in [0, 0.05) is 34.5 Å². The van der Waals surface area contributed by atoms with Crippen molar-refractivity contribution in [2.45, 2.75) is 6.10 Å². The van der Waals surface area contributed by atoms with Crippen molar-refractivity contribution in [3.63, 3.8) is 0 Å². The van der Waals surface area contributed by atoms with Gasteiger partial charge in [-0.05, 0) is 24.3 Å². The topological polar surface area (TPSA) is 103 Å². The van der Waals surface area contributed by atoms with E-state index >= 15 is 0 Å². The fourth-order valence-corrected chi connectivity index (χ4v) is 4.36. The first-order valence-electron chi connectivity index (χ1n) is 10.2. The first-order chi connectivity index (χ1) is 16.4. The molecule has 2 heterocycles. The smallest absolute Gasteiger partial charge is 0.251 e. The third kappa shape index (κ3) is 4.63. The van der Waals surface area contributed by atoms with Crippen molar-refractivity contribution in [2.75, 3.05) is 27.9 Å². The molecule has 2 N–H and O–H groups in total. The Morgan fingerprint density at radius 2 is 1.88 bits per heavy atom. The average molecular weight is 484 g/mol. The number of thiophene rings is 1. The zero-order valence-corrected chi connectivity index (χ0v) is 19.5. The highest BCUT2D eigenvalue weighted by molar-refractivity contribution is 7.17. The lowest BCUT2D eigenvalue weighted by molar-refractivity contribution is 0.0913. The summed E-state index contributed by atoms with van der Waals surface area (Å²) < 4.78 is 30.3. The van der Waals surface area contributed by atoms with Crippen LogP contribution in [0.5, 0.6) is 17.4 Å². The van der Waals surface area contributed by atoms with E-state index in [1.165, 1.54) is 44.8 Å². The minimum Gasteiger partial charge on any atom is -0.493 e. The van der Waals surface area contributed by atoms with E-state index in [2.05, 4.69) is 15.3 Å². The van der Waals surface area contributed by atoms with E-state index in [1.807, 2.05) is 0 Å². The maximum absolute atomic E-state index is 14.1. The molecule has 0 aliphatic rings. The molecule has 2 aromatic heterocycles. The van der Waals surface area contributed by atoms with E-state index in [0.29, 0.717) is 32.7 Å². The van der Waals surface area contributed by atoms with Crippen LogP contribution >= 0.6 is 11.3 Å². The van der Waals surface area contributed by atoms with Crippen molar-refractivity contribution < 1.29 is 28.5 Å². The molecule has 0 saturated carbocycles. The standard InChI is InChI=1S/C24H22FN3O5S/c1-31-19-8-7-13(9-20(19)32-2)24(30)26-11-18(29)17-10-21(33-3)28-23(27-17)15-12-34-22-14(15)5-4-6-16(22)25/h4-10,12,18,29H,11H2,1-3H3,(H,26,30). The molecule has 0 saturated heterocycles. The van der Waals surface area contributed by atoms with Gasteiger partial charge in [0.25, 0.3) is 5.91 Å². The first kappa shape index (κ1) is 23.4. The van der Waals surface area contributed by atoms with Crippen molar-refractivity contribution >= 4 is 27.3 Å². The van der Waals surface area contributed by atoms with E-state index < -0.39 is 12.0 Å². The van der Waals surface area contributed by atoms with Crippen molar-refractivity contribution in [1.82, 2.24) is 15.3 Å². The van der Waals surface area contributed by atoms with Gasteiger partial charge < -0.3 is 24.6 Å². The lowest BCUT2D eigenvalue weighted by atomic mass is 10.1. The third-order valence-electron chi connectivity index (χ3n) is 5.17. The highest BCUT2D eigenvalue weighted by Crippen LogP contribution is 2.35. The Labute approximate surface area is 199 Å². The third-order valence-corrected chi connectivity index (χ3v) is 6.17. The summed E-state index contributed by atoms with van der Waals surface area (Å²) in [4.78, 5) is 21.4. The number of amides is 1. The Kier molecular flexibility index (Phi) is 6.90. The molecule has 2 aromatic carbocycles. The number of methoxy groups -OCH3 is 3. The van der Waals surface area contributed by atoms with Gasteiger partial charge in [-0.1, -0.05) is 12.1 Å². The predicted octanol–water partition coefficient (Wildman–Crippen LogP) is 3.99. The van der Waals surface area contributed by atoms with Gasteiger partial charge in [-0.25, -0.2) is 9.37 Å². The normalized spacial score (nSPS) is 11.8. The SMILES string of the molecule is COc1cc(C(O)CNC(=O)c2ccc(OC)c(OC)c2)nc(-c2csc3c(F)cccc23)n1. The van der Waals surface area contributed by atoms with Crippen LogP contribution < -0.4 is 19.5 Å². The summed E-state index contributed by atoms with van der Waals surface area (Å²) in [6, 6.07) is 11.1. The van der Waals surface area contributed by atoms with Gasteiger partial charge in [-0.3, -0.25) is 4.79 Å². The largest absolute Gasteiger partial charge is 0.493 e. The summed E-state index contributed by atoms with van der Waals surface area (Å²) in [6.07, 6.45) is -1.14. The fraction of sp³-hybridized carbons (Fsp3) is 0.208. The minimum absolute atomic E-state index is 0.105. The number of hydrogen-bond donors (Lipinski definition) is 2. The second-order valence-electron chi connectivity index (χ2n) is 7.22. The quantitative estimate of drug-likeness (QED) is 0.391. The molecule has 0 aliphatic carbocycles. The molecule has 4 aromatic rings. The number of fused-ring (bicyclic) bond motifs is 1. The van der Waals surface area contributed by atoms with Crippen LogP contribution in [0.25, 0.3) is 21.5 Å². The van der Waals surface area contributed by atoms with Gasteiger partial charge in [-0.2, -0.15) is 4.98 Å². The molecule has 4 rings (SSSR count). The van der Waals surface area contributed by atoms with Crippen molar-refractivity contribution in [2.24, 2.45) is 0 Å². The second kappa shape index (κ2) is 10.0. The molecule has 1 unspecified atom stereocenters. The van der Waals surface area contributed by atoms with Crippen LogP contribution in [0.3, 0.4) is 0 Å². The maximum atomic E-state index is 14.1. The number of aliphatic hydroxyl groups excluding tert-OH is 1. The van der Waals surface area contributed by atoms with Crippen LogP contribution in [0, 0.1) is 5.82 Å². The molecule has 0 radical (unpaired) electrons. The Morgan fingerprint density at radius 1 is 1.09 bits per heavy atom. The number of ether oxygens (including phenoxy) is 3. The number of nitrogens with zero attached hydrogens (tertiary/aromatic N) is 2. The fourth-order valence-electron chi connectivity index (χ4n) is 3.41. The second-order valence-corrected chi connectivity index (χ2v) is 8.10. The Balaban J connectivity index is 1.56. The molecule has 176 valence electrons. The number of nitrogens with one attached hydrogen (secondary N) is 1.